The second-order valence-electron chi connectivity index (χ2n) is 4.93. The summed E-state index contributed by atoms with van der Waals surface area (Å²) in [5.41, 5.74) is 0.290. The first-order chi connectivity index (χ1) is 12.5. The molecule has 2 amide bonds. The maximum atomic E-state index is 13.8. The molecule has 0 aliphatic rings. The predicted octanol–water partition coefficient (Wildman–Crippen LogP) is 3.42. The van der Waals surface area contributed by atoms with E-state index in [9.17, 15) is 14.0 Å². The van der Waals surface area contributed by atoms with Crippen LogP contribution < -0.4 is 15.4 Å². The van der Waals surface area contributed by atoms with Gasteiger partial charge in [0, 0.05) is 21.9 Å². The molecule has 0 bridgehead atoms. The molecule has 0 aromatic heterocycles. The number of allylic oxidation sites excluding steroid dienone is 3. The van der Waals surface area contributed by atoms with Crippen LogP contribution in [0, 0.1) is 0 Å². The number of rotatable bonds is 10. The Bertz CT molecular complexity index is 688. The van der Waals surface area contributed by atoms with Crippen LogP contribution in [0.15, 0.2) is 64.9 Å². The zero-order chi connectivity index (χ0) is 19.4. The largest absolute Gasteiger partial charge is 0.484 e. The molecule has 0 aliphatic heterocycles. The van der Waals surface area contributed by atoms with Crippen LogP contribution in [0.4, 0.5) is 4.39 Å². The summed E-state index contributed by atoms with van der Waals surface area (Å²) < 4.78 is 20.0. The smallest absolute Gasteiger partial charge is 0.258 e. The maximum absolute atomic E-state index is 13.8. The number of alkyl halides is 1. The number of hydrogen-bond donors (Lipinski definition) is 2. The molecule has 1 aromatic carbocycles. The number of carbonyl (C=O) groups excluding carboxylic acids is 2. The average molecular weight is 490 g/mol. The molecular formula is C18H19Br2FN2O3. The third-order valence-corrected chi connectivity index (χ3v) is 3.84. The van der Waals surface area contributed by atoms with E-state index in [1.54, 1.807) is 24.3 Å². The summed E-state index contributed by atoms with van der Waals surface area (Å²) in [5, 5.41) is 5.32. The highest BCUT2D eigenvalue weighted by Crippen LogP contribution is 2.15. The van der Waals surface area contributed by atoms with Crippen LogP contribution in [0.2, 0.25) is 0 Å². The summed E-state index contributed by atoms with van der Waals surface area (Å²) in [6, 6.07) is 7.01. The minimum Gasteiger partial charge on any atom is -0.484 e. The van der Waals surface area contributed by atoms with Gasteiger partial charge in [0.1, 0.15) is 11.6 Å². The van der Waals surface area contributed by atoms with Gasteiger partial charge in [-0.05, 0) is 30.3 Å². The van der Waals surface area contributed by atoms with E-state index in [-0.39, 0.29) is 25.3 Å². The van der Waals surface area contributed by atoms with Crippen LogP contribution >= 0.6 is 31.9 Å². The van der Waals surface area contributed by atoms with Gasteiger partial charge in [0.2, 0.25) is 5.91 Å². The van der Waals surface area contributed by atoms with Crippen molar-refractivity contribution in [2.24, 2.45) is 0 Å². The van der Waals surface area contributed by atoms with Gasteiger partial charge in [-0.2, -0.15) is 0 Å². The molecule has 0 saturated carbocycles. The number of ether oxygens (including phenoxy) is 1. The molecule has 0 spiro atoms. The molecule has 0 fully saturated rings. The van der Waals surface area contributed by atoms with Gasteiger partial charge < -0.3 is 15.4 Å². The first kappa shape index (κ1) is 22.1. The Kier molecular flexibility index (Phi) is 10.6. The van der Waals surface area contributed by atoms with Crippen LogP contribution in [-0.4, -0.2) is 36.8 Å². The molecule has 140 valence electrons. The van der Waals surface area contributed by atoms with Crippen molar-refractivity contribution in [2.45, 2.75) is 0 Å². The van der Waals surface area contributed by atoms with E-state index in [1.807, 2.05) is 0 Å². The molecule has 5 nitrogen and oxygen atoms in total. The van der Waals surface area contributed by atoms with Crippen molar-refractivity contribution in [2.75, 3.05) is 25.0 Å². The normalized spacial score (nSPS) is 11.7. The average Bonchev–Trinajstić information content (AvgIpc) is 2.63. The van der Waals surface area contributed by atoms with Crippen molar-refractivity contribution in [3.63, 3.8) is 0 Å². The molecule has 0 aliphatic carbocycles. The Morgan fingerprint density at radius 3 is 2.42 bits per heavy atom. The number of hydrogen-bond acceptors (Lipinski definition) is 3. The Balaban J connectivity index is 2.35. The lowest BCUT2D eigenvalue weighted by atomic mass is 10.2. The number of nitrogens with one attached hydrogen (secondary N) is 2. The fourth-order valence-electron chi connectivity index (χ4n) is 1.73. The van der Waals surface area contributed by atoms with Crippen molar-refractivity contribution >= 4 is 43.7 Å². The third-order valence-electron chi connectivity index (χ3n) is 2.99. The van der Waals surface area contributed by atoms with Crippen molar-refractivity contribution in [3.8, 4) is 5.75 Å². The SMILES string of the molecule is C=C/C=C(CNC(=O)CNC(=O)COc1ccc(Br)cc1)\C(F)=C/CBr. The molecule has 26 heavy (non-hydrogen) atoms. The van der Waals surface area contributed by atoms with Crippen LogP contribution in [0.25, 0.3) is 0 Å². The van der Waals surface area contributed by atoms with E-state index in [0.29, 0.717) is 11.1 Å². The summed E-state index contributed by atoms with van der Waals surface area (Å²) in [4.78, 5) is 23.5. The number of benzene rings is 1. The van der Waals surface area contributed by atoms with Gasteiger partial charge in [0.05, 0.1) is 6.54 Å². The summed E-state index contributed by atoms with van der Waals surface area (Å²) in [6.45, 7) is 3.07. The molecule has 0 unspecified atom stereocenters. The standard InChI is InChI=1S/C18H19Br2FN2O3/c1-2-3-13(16(21)8-9-19)10-22-17(24)11-23-18(25)12-26-15-6-4-14(20)5-7-15/h2-8H,1,9-12H2,(H,22,24)(H,23,25)/b13-3-,16-8+. The van der Waals surface area contributed by atoms with Crippen LogP contribution in [-0.2, 0) is 9.59 Å². The van der Waals surface area contributed by atoms with Gasteiger partial charge in [-0.3, -0.25) is 9.59 Å². The fourth-order valence-corrected chi connectivity index (χ4v) is 2.28. The van der Waals surface area contributed by atoms with Crippen molar-refractivity contribution in [1.29, 1.82) is 0 Å². The number of halogens is 3. The van der Waals surface area contributed by atoms with Crippen LogP contribution in [0.1, 0.15) is 0 Å². The van der Waals surface area contributed by atoms with Crippen LogP contribution in [0.3, 0.4) is 0 Å². The first-order valence-electron chi connectivity index (χ1n) is 7.61. The second kappa shape index (κ2) is 12.4. The molecule has 0 atom stereocenters. The lowest BCUT2D eigenvalue weighted by Gasteiger charge is -2.09. The number of carbonyl (C=O) groups is 2. The maximum Gasteiger partial charge on any atom is 0.258 e. The third kappa shape index (κ3) is 8.96. The van der Waals surface area contributed by atoms with Gasteiger partial charge in [0.15, 0.2) is 6.61 Å². The summed E-state index contributed by atoms with van der Waals surface area (Å²) >= 11 is 6.41. The van der Waals surface area contributed by atoms with Gasteiger partial charge in [0.25, 0.3) is 5.91 Å². The quantitative estimate of drug-likeness (QED) is 0.391. The van der Waals surface area contributed by atoms with E-state index in [4.69, 9.17) is 4.74 Å². The topological polar surface area (TPSA) is 67.4 Å². The molecule has 0 saturated heterocycles. The highest BCUT2D eigenvalue weighted by molar-refractivity contribution is 9.10. The minimum atomic E-state index is -0.450. The predicted molar refractivity (Wildman–Crippen MR) is 107 cm³/mol. The van der Waals surface area contributed by atoms with E-state index in [2.05, 4.69) is 49.1 Å². The van der Waals surface area contributed by atoms with Crippen molar-refractivity contribution in [3.05, 3.63) is 64.9 Å². The van der Waals surface area contributed by atoms with Crippen LogP contribution in [0.5, 0.6) is 5.75 Å². The molecule has 0 radical (unpaired) electrons. The lowest BCUT2D eigenvalue weighted by molar-refractivity contribution is -0.127. The Morgan fingerprint density at radius 1 is 1.15 bits per heavy atom. The van der Waals surface area contributed by atoms with E-state index in [0.717, 1.165) is 4.47 Å². The van der Waals surface area contributed by atoms with Gasteiger partial charge in [-0.25, -0.2) is 4.39 Å². The Labute approximate surface area is 168 Å². The zero-order valence-corrected chi connectivity index (χ0v) is 17.1. The molecular weight excluding hydrogens is 471 g/mol. The summed E-state index contributed by atoms with van der Waals surface area (Å²) in [6.07, 6.45) is 4.24. The molecule has 8 heteroatoms. The van der Waals surface area contributed by atoms with E-state index < -0.39 is 17.6 Å². The number of amides is 2. The highest BCUT2D eigenvalue weighted by Gasteiger charge is 2.09. The molecule has 1 aromatic rings. The zero-order valence-electron chi connectivity index (χ0n) is 13.9. The van der Waals surface area contributed by atoms with Gasteiger partial charge in [-0.1, -0.05) is 50.6 Å². The van der Waals surface area contributed by atoms with Crippen molar-refractivity contribution in [1.82, 2.24) is 10.6 Å². The van der Waals surface area contributed by atoms with E-state index in [1.165, 1.54) is 18.2 Å². The fraction of sp³-hybridized carbons (Fsp3) is 0.222. The Morgan fingerprint density at radius 2 is 1.81 bits per heavy atom. The molecule has 1 rings (SSSR count). The monoisotopic (exact) mass is 488 g/mol. The molecule has 0 heterocycles. The van der Waals surface area contributed by atoms with Gasteiger partial charge >= 0.3 is 0 Å². The summed E-state index contributed by atoms with van der Waals surface area (Å²) in [7, 11) is 0. The Hall–Kier alpha value is -1.93. The second-order valence-corrected chi connectivity index (χ2v) is 6.49. The first-order valence-corrected chi connectivity index (χ1v) is 9.53. The summed E-state index contributed by atoms with van der Waals surface area (Å²) in [5.74, 6) is -0.783. The van der Waals surface area contributed by atoms with E-state index >= 15 is 0 Å². The minimum absolute atomic E-state index is 0.00848. The molecule has 2 N–H and O–H groups in total. The van der Waals surface area contributed by atoms with Gasteiger partial charge in [-0.15, -0.1) is 0 Å². The highest BCUT2D eigenvalue weighted by atomic mass is 79.9. The lowest BCUT2D eigenvalue weighted by Crippen LogP contribution is -2.39. The van der Waals surface area contributed by atoms with Crippen molar-refractivity contribution < 1.29 is 18.7 Å².